The molecule has 3 aromatic rings. The van der Waals surface area contributed by atoms with Gasteiger partial charge in [-0.15, -0.1) is 0 Å². The number of sulfonamides is 1. The van der Waals surface area contributed by atoms with Crippen LogP contribution < -0.4 is 20.3 Å². The Labute approximate surface area is 172 Å². The summed E-state index contributed by atoms with van der Waals surface area (Å²) in [6, 6.07) is 4.28. The van der Waals surface area contributed by atoms with Crippen molar-refractivity contribution in [3.63, 3.8) is 0 Å². The van der Waals surface area contributed by atoms with Crippen LogP contribution in [0.5, 0.6) is 5.75 Å². The number of hydrogen-bond donors (Lipinski definition) is 4. The van der Waals surface area contributed by atoms with Gasteiger partial charge in [-0.1, -0.05) is 0 Å². The highest BCUT2D eigenvalue weighted by Gasteiger charge is 2.23. The second kappa shape index (κ2) is 8.09. The third-order valence-electron chi connectivity index (χ3n) is 5.01. The summed E-state index contributed by atoms with van der Waals surface area (Å²) in [5, 5.41) is 3.93. The van der Waals surface area contributed by atoms with E-state index in [-0.39, 0.29) is 28.8 Å². The lowest BCUT2D eigenvalue weighted by Gasteiger charge is -2.23. The van der Waals surface area contributed by atoms with E-state index < -0.39 is 21.7 Å². The summed E-state index contributed by atoms with van der Waals surface area (Å²) >= 11 is 0. The van der Waals surface area contributed by atoms with Gasteiger partial charge in [0.05, 0.1) is 16.9 Å². The summed E-state index contributed by atoms with van der Waals surface area (Å²) in [7, 11) is -3.77. The van der Waals surface area contributed by atoms with Gasteiger partial charge < -0.3 is 24.8 Å². The Kier molecular flexibility index (Phi) is 5.50. The predicted molar refractivity (Wildman–Crippen MR) is 110 cm³/mol. The van der Waals surface area contributed by atoms with E-state index in [0.717, 1.165) is 13.1 Å². The Hall–Kier alpha value is -2.89. The number of piperidine rings is 1. The molecule has 0 aliphatic carbocycles. The van der Waals surface area contributed by atoms with E-state index in [2.05, 4.69) is 20.0 Å². The Morgan fingerprint density at radius 3 is 2.77 bits per heavy atom. The SMILES string of the molecule is CCOC(=O)Oc1c[nH]c2c(=O)[nH]c3ccc(S(=O)(=O)NC4CCNCC4)cc3c12. The number of benzene rings is 1. The second-order valence-electron chi connectivity index (χ2n) is 7.00. The molecular formula is C19H22N4O6S. The molecule has 30 heavy (non-hydrogen) atoms. The molecule has 1 saturated heterocycles. The number of aromatic nitrogens is 2. The van der Waals surface area contributed by atoms with Gasteiger partial charge in [0.2, 0.25) is 10.0 Å². The molecule has 0 unspecified atom stereocenters. The minimum Gasteiger partial charge on any atom is -0.434 e. The van der Waals surface area contributed by atoms with E-state index in [4.69, 9.17) is 9.47 Å². The van der Waals surface area contributed by atoms with Crippen LogP contribution in [0.3, 0.4) is 0 Å². The number of rotatable bonds is 5. The van der Waals surface area contributed by atoms with Crippen LogP contribution in [-0.2, 0) is 14.8 Å². The fraction of sp³-hybridized carbons (Fsp3) is 0.368. The largest absolute Gasteiger partial charge is 0.513 e. The zero-order valence-electron chi connectivity index (χ0n) is 16.3. The van der Waals surface area contributed by atoms with Crippen molar-refractivity contribution in [1.29, 1.82) is 0 Å². The third-order valence-corrected chi connectivity index (χ3v) is 6.52. The fourth-order valence-corrected chi connectivity index (χ4v) is 4.92. The lowest BCUT2D eigenvalue weighted by atomic mass is 10.1. The molecule has 1 aliphatic heterocycles. The maximum atomic E-state index is 12.9. The average molecular weight is 434 g/mol. The molecule has 160 valence electrons. The van der Waals surface area contributed by atoms with Crippen molar-refractivity contribution in [2.75, 3.05) is 19.7 Å². The molecule has 0 atom stereocenters. The standard InChI is InChI=1S/C19H22N4O6S/c1-2-28-19(25)29-15-10-21-17-16(15)13-9-12(3-4-14(13)22-18(17)24)30(26,27)23-11-5-7-20-8-6-11/h3-4,9-11,20-21,23H,2,5-8H2,1H3,(H,22,24). The molecule has 0 radical (unpaired) electrons. The molecule has 0 amide bonds. The summed E-state index contributed by atoms with van der Waals surface area (Å²) in [5.74, 6) is 0.0837. The van der Waals surface area contributed by atoms with Gasteiger partial charge in [-0.3, -0.25) is 4.79 Å². The molecule has 4 rings (SSSR count). The third kappa shape index (κ3) is 3.91. The van der Waals surface area contributed by atoms with E-state index in [9.17, 15) is 18.0 Å². The molecule has 0 bridgehead atoms. The number of pyridine rings is 1. The molecular weight excluding hydrogens is 412 g/mol. The Balaban J connectivity index is 1.79. The van der Waals surface area contributed by atoms with Gasteiger partial charge in [0.25, 0.3) is 5.56 Å². The summed E-state index contributed by atoms with van der Waals surface area (Å²) in [4.78, 5) is 29.7. The minimum atomic E-state index is -3.77. The summed E-state index contributed by atoms with van der Waals surface area (Å²) in [5.41, 5.74) is 0.170. The van der Waals surface area contributed by atoms with Crippen LogP contribution in [0, 0.1) is 0 Å². The Bertz CT molecular complexity index is 1260. The molecule has 2 aromatic heterocycles. The van der Waals surface area contributed by atoms with E-state index in [1.807, 2.05) is 0 Å². The molecule has 0 spiro atoms. The fourth-order valence-electron chi connectivity index (χ4n) is 3.59. The molecule has 4 N–H and O–H groups in total. The van der Waals surface area contributed by atoms with Gasteiger partial charge in [-0.2, -0.15) is 0 Å². The Morgan fingerprint density at radius 1 is 1.27 bits per heavy atom. The van der Waals surface area contributed by atoms with Gasteiger partial charge in [-0.25, -0.2) is 17.9 Å². The van der Waals surface area contributed by atoms with Gasteiger partial charge >= 0.3 is 6.16 Å². The number of fused-ring (bicyclic) bond motifs is 3. The van der Waals surface area contributed by atoms with E-state index in [0.29, 0.717) is 29.1 Å². The van der Waals surface area contributed by atoms with E-state index in [1.54, 1.807) is 6.92 Å². The summed E-state index contributed by atoms with van der Waals surface area (Å²) < 4.78 is 38.6. The van der Waals surface area contributed by atoms with Crippen LogP contribution in [0.25, 0.3) is 21.8 Å². The van der Waals surface area contributed by atoms with E-state index in [1.165, 1.54) is 24.4 Å². The molecule has 10 nitrogen and oxygen atoms in total. The lowest BCUT2D eigenvalue weighted by molar-refractivity contribution is 0.105. The van der Waals surface area contributed by atoms with Crippen molar-refractivity contribution >= 4 is 38.0 Å². The van der Waals surface area contributed by atoms with Crippen LogP contribution in [0.2, 0.25) is 0 Å². The van der Waals surface area contributed by atoms with Gasteiger partial charge in [-0.05, 0) is 51.1 Å². The van der Waals surface area contributed by atoms with Crippen molar-refractivity contribution in [2.45, 2.75) is 30.7 Å². The number of H-pyrrole nitrogens is 2. The van der Waals surface area contributed by atoms with Crippen LogP contribution in [0.15, 0.2) is 34.1 Å². The van der Waals surface area contributed by atoms with Crippen molar-refractivity contribution in [3.8, 4) is 5.75 Å². The zero-order valence-corrected chi connectivity index (χ0v) is 17.1. The van der Waals surface area contributed by atoms with Crippen molar-refractivity contribution < 1.29 is 22.7 Å². The molecule has 1 aromatic carbocycles. The van der Waals surface area contributed by atoms with Crippen molar-refractivity contribution in [2.24, 2.45) is 0 Å². The molecule has 1 aliphatic rings. The monoisotopic (exact) mass is 434 g/mol. The molecule has 0 saturated carbocycles. The first-order valence-electron chi connectivity index (χ1n) is 9.64. The minimum absolute atomic E-state index is 0.0603. The second-order valence-corrected chi connectivity index (χ2v) is 8.71. The van der Waals surface area contributed by atoms with Crippen LogP contribution in [-0.4, -0.2) is 50.3 Å². The van der Waals surface area contributed by atoms with Crippen LogP contribution in [0.1, 0.15) is 19.8 Å². The lowest BCUT2D eigenvalue weighted by Crippen LogP contribution is -2.42. The topological polar surface area (TPSA) is 142 Å². The van der Waals surface area contributed by atoms with Gasteiger partial charge in [0, 0.05) is 23.1 Å². The number of ether oxygens (including phenoxy) is 2. The maximum absolute atomic E-state index is 12.9. The van der Waals surface area contributed by atoms with Crippen molar-refractivity contribution in [3.05, 3.63) is 34.7 Å². The summed E-state index contributed by atoms with van der Waals surface area (Å²) in [6.45, 7) is 3.28. The number of nitrogens with one attached hydrogen (secondary N) is 4. The highest BCUT2D eigenvalue weighted by atomic mass is 32.2. The summed E-state index contributed by atoms with van der Waals surface area (Å²) in [6.07, 6.45) is 1.87. The highest BCUT2D eigenvalue weighted by Crippen LogP contribution is 2.31. The van der Waals surface area contributed by atoms with Crippen molar-refractivity contribution in [1.82, 2.24) is 20.0 Å². The smallest absolute Gasteiger partial charge is 0.434 e. The zero-order chi connectivity index (χ0) is 21.3. The predicted octanol–water partition coefficient (Wildman–Crippen LogP) is 1.57. The number of carbonyl (C=O) groups is 1. The first-order chi connectivity index (χ1) is 14.4. The first-order valence-corrected chi connectivity index (χ1v) is 11.1. The molecule has 11 heteroatoms. The van der Waals surface area contributed by atoms with Crippen LogP contribution in [0.4, 0.5) is 4.79 Å². The number of aromatic amines is 2. The molecule has 1 fully saturated rings. The first kappa shape index (κ1) is 20.4. The Morgan fingerprint density at radius 2 is 2.03 bits per heavy atom. The number of hydrogen-bond acceptors (Lipinski definition) is 7. The van der Waals surface area contributed by atoms with Gasteiger partial charge in [0.1, 0.15) is 5.52 Å². The van der Waals surface area contributed by atoms with E-state index >= 15 is 0 Å². The quantitative estimate of drug-likeness (QED) is 0.447. The maximum Gasteiger partial charge on any atom is 0.513 e. The average Bonchev–Trinajstić information content (AvgIpc) is 3.13. The normalized spacial score (nSPS) is 15.5. The van der Waals surface area contributed by atoms with Gasteiger partial charge in [0.15, 0.2) is 5.75 Å². The molecule has 3 heterocycles. The van der Waals surface area contributed by atoms with Crippen LogP contribution >= 0.6 is 0 Å². The highest BCUT2D eigenvalue weighted by molar-refractivity contribution is 7.89. The number of carbonyl (C=O) groups excluding carboxylic acids is 1.